The maximum absolute atomic E-state index is 12.8. The van der Waals surface area contributed by atoms with Crippen LogP contribution < -0.4 is 15.0 Å². The molecule has 1 heterocycles. The predicted octanol–water partition coefficient (Wildman–Crippen LogP) is 4.44. The standard InChI is InChI=1S/C19H18Cl2N2O3/c1-10-14(21)5-4-6-15(10)22-18(24)11(2)23-16-9-13(20)7-8-17(16)26-12(3)19(23)25/h4-9,11-12H,1-3H3,(H,22,24). The van der Waals surface area contributed by atoms with E-state index in [1.807, 2.05) is 6.92 Å². The zero-order valence-electron chi connectivity index (χ0n) is 14.5. The minimum absolute atomic E-state index is 0.301. The molecule has 0 saturated carbocycles. The lowest BCUT2D eigenvalue weighted by Gasteiger charge is -2.36. The van der Waals surface area contributed by atoms with E-state index in [0.717, 1.165) is 5.56 Å². The van der Waals surface area contributed by atoms with Crippen molar-refractivity contribution in [1.29, 1.82) is 0 Å². The van der Waals surface area contributed by atoms with Crippen molar-refractivity contribution in [2.45, 2.75) is 32.9 Å². The van der Waals surface area contributed by atoms with Crippen LogP contribution in [0.3, 0.4) is 0 Å². The highest BCUT2D eigenvalue weighted by atomic mass is 35.5. The van der Waals surface area contributed by atoms with Crippen molar-refractivity contribution in [2.24, 2.45) is 0 Å². The van der Waals surface area contributed by atoms with Crippen LogP contribution in [0.1, 0.15) is 19.4 Å². The lowest BCUT2D eigenvalue weighted by Crippen LogP contribution is -2.52. The number of nitrogens with one attached hydrogen (secondary N) is 1. The number of nitrogens with zero attached hydrogens (tertiary/aromatic N) is 1. The van der Waals surface area contributed by atoms with Gasteiger partial charge in [-0.25, -0.2) is 0 Å². The van der Waals surface area contributed by atoms with Crippen LogP contribution in [-0.2, 0) is 9.59 Å². The molecule has 1 N–H and O–H groups in total. The summed E-state index contributed by atoms with van der Waals surface area (Å²) in [6.07, 6.45) is -0.688. The molecule has 5 nitrogen and oxygen atoms in total. The molecule has 0 aromatic heterocycles. The van der Waals surface area contributed by atoms with E-state index in [9.17, 15) is 9.59 Å². The maximum atomic E-state index is 12.8. The van der Waals surface area contributed by atoms with Gasteiger partial charge in [0, 0.05) is 15.7 Å². The summed E-state index contributed by atoms with van der Waals surface area (Å²) >= 11 is 12.2. The zero-order chi connectivity index (χ0) is 19.0. The normalized spacial score (nSPS) is 17.3. The minimum atomic E-state index is -0.760. The Bertz CT molecular complexity index is 885. The molecule has 0 radical (unpaired) electrons. The summed E-state index contributed by atoms with van der Waals surface area (Å²) in [4.78, 5) is 26.9. The molecule has 0 fully saturated rings. The summed E-state index contributed by atoms with van der Waals surface area (Å²) in [5.41, 5.74) is 1.85. The van der Waals surface area contributed by atoms with Crippen LogP contribution in [0.5, 0.6) is 5.75 Å². The second kappa shape index (κ2) is 7.17. The Hall–Kier alpha value is -2.24. The molecule has 0 saturated heterocycles. The molecule has 0 aliphatic carbocycles. The Kier molecular flexibility index (Phi) is 5.12. The fourth-order valence-electron chi connectivity index (χ4n) is 2.83. The predicted molar refractivity (Wildman–Crippen MR) is 103 cm³/mol. The third kappa shape index (κ3) is 3.37. The number of carbonyl (C=O) groups excluding carboxylic acids is 2. The highest BCUT2D eigenvalue weighted by molar-refractivity contribution is 6.32. The number of anilines is 2. The quantitative estimate of drug-likeness (QED) is 0.839. The molecule has 0 spiro atoms. The number of rotatable bonds is 3. The molecule has 136 valence electrons. The number of fused-ring (bicyclic) bond motifs is 1. The number of ether oxygens (including phenoxy) is 1. The zero-order valence-corrected chi connectivity index (χ0v) is 16.1. The first-order valence-electron chi connectivity index (χ1n) is 8.15. The summed E-state index contributed by atoms with van der Waals surface area (Å²) < 4.78 is 5.61. The SMILES string of the molecule is Cc1c(Cl)cccc1NC(=O)C(C)N1C(=O)C(C)Oc2ccc(Cl)cc21. The van der Waals surface area contributed by atoms with E-state index in [2.05, 4.69) is 5.32 Å². The first kappa shape index (κ1) is 18.5. The minimum Gasteiger partial charge on any atom is -0.479 e. The van der Waals surface area contributed by atoms with Crippen molar-refractivity contribution < 1.29 is 14.3 Å². The van der Waals surface area contributed by atoms with Crippen LogP contribution in [-0.4, -0.2) is 24.0 Å². The molecule has 2 aromatic rings. The first-order valence-corrected chi connectivity index (χ1v) is 8.90. The highest BCUT2D eigenvalue weighted by Gasteiger charge is 2.37. The second-order valence-corrected chi connectivity index (χ2v) is 7.00. The topological polar surface area (TPSA) is 58.6 Å². The first-order chi connectivity index (χ1) is 12.3. The summed E-state index contributed by atoms with van der Waals surface area (Å²) in [6.45, 7) is 5.13. The van der Waals surface area contributed by atoms with Gasteiger partial charge >= 0.3 is 0 Å². The largest absolute Gasteiger partial charge is 0.479 e. The summed E-state index contributed by atoms with van der Waals surface area (Å²) in [7, 11) is 0. The van der Waals surface area contributed by atoms with Gasteiger partial charge in [-0.05, 0) is 56.7 Å². The molecule has 2 aromatic carbocycles. The number of carbonyl (C=O) groups is 2. The van der Waals surface area contributed by atoms with Crippen molar-refractivity contribution >= 4 is 46.4 Å². The molecular weight excluding hydrogens is 375 g/mol. The number of halogens is 2. The monoisotopic (exact) mass is 392 g/mol. The van der Waals surface area contributed by atoms with Crippen molar-refractivity contribution in [3.8, 4) is 5.75 Å². The molecule has 0 bridgehead atoms. The third-order valence-electron chi connectivity index (χ3n) is 4.36. The number of amides is 2. The van der Waals surface area contributed by atoms with E-state index in [1.165, 1.54) is 4.90 Å². The Morgan fingerprint density at radius 3 is 2.73 bits per heavy atom. The molecule has 7 heteroatoms. The average molecular weight is 393 g/mol. The lowest BCUT2D eigenvalue weighted by atomic mass is 10.1. The van der Waals surface area contributed by atoms with E-state index in [4.69, 9.17) is 27.9 Å². The second-order valence-electron chi connectivity index (χ2n) is 6.16. The summed E-state index contributed by atoms with van der Waals surface area (Å²) in [5.74, 6) is -0.117. The maximum Gasteiger partial charge on any atom is 0.268 e. The van der Waals surface area contributed by atoms with Gasteiger partial charge in [-0.15, -0.1) is 0 Å². The van der Waals surface area contributed by atoms with E-state index >= 15 is 0 Å². The van der Waals surface area contributed by atoms with Crippen LogP contribution in [0.2, 0.25) is 10.0 Å². The Morgan fingerprint density at radius 2 is 2.00 bits per heavy atom. The van der Waals surface area contributed by atoms with Crippen LogP contribution in [0, 0.1) is 6.92 Å². The number of hydrogen-bond acceptors (Lipinski definition) is 3. The Labute approximate surface area is 161 Å². The van der Waals surface area contributed by atoms with Crippen molar-refractivity contribution in [3.63, 3.8) is 0 Å². The Morgan fingerprint density at radius 1 is 1.27 bits per heavy atom. The average Bonchev–Trinajstić information content (AvgIpc) is 2.60. The molecule has 1 aliphatic heterocycles. The smallest absolute Gasteiger partial charge is 0.268 e. The van der Waals surface area contributed by atoms with Crippen LogP contribution in [0.25, 0.3) is 0 Å². The molecule has 1 aliphatic rings. The number of hydrogen-bond donors (Lipinski definition) is 1. The third-order valence-corrected chi connectivity index (χ3v) is 5.01. The molecule has 2 amide bonds. The Balaban J connectivity index is 1.92. The molecule has 2 unspecified atom stereocenters. The fourth-order valence-corrected chi connectivity index (χ4v) is 3.17. The molecule has 3 rings (SSSR count). The van der Waals surface area contributed by atoms with Gasteiger partial charge in [0.1, 0.15) is 11.8 Å². The van der Waals surface area contributed by atoms with Gasteiger partial charge in [-0.3, -0.25) is 14.5 Å². The molecule has 2 atom stereocenters. The van der Waals surface area contributed by atoms with Gasteiger partial charge in [-0.2, -0.15) is 0 Å². The summed E-state index contributed by atoms with van der Waals surface area (Å²) in [5, 5.41) is 3.85. The molecular formula is C19H18Cl2N2O3. The van der Waals surface area contributed by atoms with Gasteiger partial charge in [0.2, 0.25) is 5.91 Å². The van der Waals surface area contributed by atoms with Gasteiger partial charge < -0.3 is 10.1 Å². The molecule has 26 heavy (non-hydrogen) atoms. The lowest BCUT2D eigenvalue weighted by molar-refractivity contribution is -0.128. The van der Waals surface area contributed by atoms with Crippen LogP contribution in [0.4, 0.5) is 11.4 Å². The highest BCUT2D eigenvalue weighted by Crippen LogP contribution is 2.37. The number of benzene rings is 2. The van der Waals surface area contributed by atoms with Crippen molar-refractivity contribution in [2.75, 3.05) is 10.2 Å². The van der Waals surface area contributed by atoms with E-state index in [1.54, 1.807) is 50.2 Å². The van der Waals surface area contributed by atoms with E-state index in [0.29, 0.717) is 27.2 Å². The van der Waals surface area contributed by atoms with Gasteiger partial charge in [0.05, 0.1) is 5.69 Å². The van der Waals surface area contributed by atoms with Gasteiger partial charge in [0.25, 0.3) is 5.91 Å². The van der Waals surface area contributed by atoms with E-state index in [-0.39, 0.29) is 11.8 Å². The van der Waals surface area contributed by atoms with Crippen molar-refractivity contribution in [1.82, 2.24) is 0 Å². The van der Waals surface area contributed by atoms with E-state index < -0.39 is 12.1 Å². The van der Waals surface area contributed by atoms with Gasteiger partial charge in [-0.1, -0.05) is 29.3 Å². The summed E-state index contributed by atoms with van der Waals surface area (Å²) in [6, 6.07) is 9.51. The van der Waals surface area contributed by atoms with Gasteiger partial charge in [0.15, 0.2) is 6.10 Å². The van der Waals surface area contributed by atoms with Crippen LogP contribution in [0.15, 0.2) is 36.4 Å². The fraction of sp³-hybridized carbons (Fsp3) is 0.263. The van der Waals surface area contributed by atoms with Crippen LogP contribution >= 0.6 is 23.2 Å². The van der Waals surface area contributed by atoms with Crippen molar-refractivity contribution in [3.05, 3.63) is 52.0 Å².